The van der Waals surface area contributed by atoms with Crippen LogP contribution in [0.4, 0.5) is 11.4 Å². The van der Waals surface area contributed by atoms with Crippen molar-refractivity contribution in [1.29, 1.82) is 0 Å². The zero-order chi connectivity index (χ0) is 22.0. The number of para-hydroxylation sites is 2. The summed E-state index contributed by atoms with van der Waals surface area (Å²) in [6, 6.07) is 13.7. The van der Waals surface area contributed by atoms with E-state index in [-0.39, 0.29) is 16.7 Å². The van der Waals surface area contributed by atoms with E-state index in [1.807, 2.05) is 0 Å². The first kappa shape index (κ1) is 21.0. The lowest BCUT2D eigenvalue weighted by Gasteiger charge is -2.30. The minimum absolute atomic E-state index is 0.115. The Bertz CT molecular complexity index is 1190. The normalized spacial score (nSPS) is 13.5. The zero-order valence-corrected chi connectivity index (χ0v) is 18.4. The number of hydrogen-bond donors (Lipinski definition) is 1. The van der Waals surface area contributed by atoms with Crippen LogP contribution in [-0.2, 0) is 14.8 Å². The quantitative estimate of drug-likeness (QED) is 0.578. The molecule has 10 heteroatoms. The monoisotopic (exact) mass is 460 g/mol. The van der Waals surface area contributed by atoms with E-state index in [2.05, 4.69) is 5.32 Å². The molecule has 0 fully saturated rings. The number of ether oxygens (including phenoxy) is 3. The van der Waals surface area contributed by atoms with Crippen molar-refractivity contribution in [3.8, 4) is 17.2 Å². The molecule has 2 aromatic carbocycles. The number of thiophene rings is 1. The van der Waals surface area contributed by atoms with Crippen LogP contribution in [-0.4, -0.2) is 34.3 Å². The van der Waals surface area contributed by atoms with Crippen LogP contribution in [0, 0.1) is 0 Å². The summed E-state index contributed by atoms with van der Waals surface area (Å²) in [5.74, 6) is 0.926. The number of carbonyl (C=O) groups is 1. The Balaban J connectivity index is 1.70. The van der Waals surface area contributed by atoms with Crippen LogP contribution >= 0.6 is 11.3 Å². The molecule has 1 amide bonds. The molecule has 0 saturated carbocycles. The molecule has 0 radical (unpaired) electrons. The van der Waals surface area contributed by atoms with E-state index in [4.69, 9.17) is 14.2 Å². The van der Waals surface area contributed by atoms with Crippen molar-refractivity contribution in [3.05, 3.63) is 60.0 Å². The predicted octanol–water partition coefficient (Wildman–Crippen LogP) is 3.71. The van der Waals surface area contributed by atoms with Gasteiger partial charge in [0.15, 0.2) is 11.5 Å². The summed E-state index contributed by atoms with van der Waals surface area (Å²) in [6.45, 7) is 1.64. The number of hydrogen-bond acceptors (Lipinski definition) is 7. The lowest BCUT2D eigenvalue weighted by molar-refractivity contribution is -0.116. The van der Waals surface area contributed by atoms with E-state index in [1.165, 1.54) is 20.1 Å². The molecule has 31 heavy (non-hydrogen) atoms. The Kier molecular flexibility index (Phi) is 5.75. The Hall–Kier alpha value is -3.24. The van der Waals surface area contributed by atoms with Crippen LogP contribution in [0.15, 0.2) is 64.2 Å². The Morgan fingerprint density at radius 3 is 2.65 bits per heavy atom. The van der Waals surface area contributed by atoms with Gasteiger partial charge in [-0.05, 0) is 42.6 Å². The van der Waals surface area contributed by atoms with Crippen molar-refractivity contribution < 1.29 is 27.4 Å². The molecule has 0 unspecified atom stereocenters. The van der Waals surface area contributed by atoms with Crippen LogP contribution in [0.25, 0.3) is 0 Å². The molecule has 1 aliphatic rings. The second-order valence-electron chi connectivity index (χ2n) is 6.64. The minimum Gasteiger partial charge on any atom is -0.495 e. The van der Waals surface area contributed by atoms with Gasteiger partial charge in [-0.15, -0.1) is 11.3 Å². The van der Waals surface area contributed by atoms with Gasteiger partial charge in [0, 0.05) is 11.8 Å². The third-order valence-corrected chi connectivity index (χ3v) is 7.96. The highest BCUT2D eigenvalue weighted by atomic mass is 32.2. The molecule has 1 aliphatic heterocycles. The first-order chi connectivity index (χ1) is 14.9. The number of amides is 1. The Morgan fingerprint density at radius 2 is 1.90 bits per heavy atom. The Labute approximate surface area is 184 Å². The second-order valence-corrected chi connectivity index (χ2v) is 9.63. The fraction of sp³-hybridized carbons (Fsp3) is 0.190. The summed E-state index contributed by atoms with van der Waals surface area (Å²) in [5, 5.41) is 4.43. The zero-order valence-electron chi connectivity index (χ0n) is 16.8. The van der Waals surface area contributed by atoms with Crippen LogP contribution in [0.3, 0.4) is 0 Å². The van der Waals surface area contributed by atoms with Gasteiger partial charge in [0.05, 0.1) is 12.8 Å². The van der Waals surface area contributed by atoms with Crippen molar-refractivity contribution in [2.45, 2.75) is 17.2 Å². The number of nitrogens with one attached hydrogen (secondary N) is 1. The standard InChI is InChI=1S/C21H20N2O6S2/c1-14(21(24)22-15-9-10-18-19(12-15)29-13-28-18)23(16-6-3-4-7-17(16)27-2)31(25,26)20-8-5-11-30-20/h3-12,14H,13H2,1-2H3,(H,22,24)/t14-/m1/s1. The molecular weight excluding hydrogens is 440 g/mol. The number of anilines is 2. The van der Waals surface area contributed by atoms with Crippen molar-refractivity contribution in [3.63, 3.8) is 0 Å². The SMILES string of the molecule is COc1ccccc1N([C@H](C)C(=O)Nc1ccc2c(c1)OCO2)S(=O)(=O)c1cccs1. The third-order valence-electron chi connectivity index (χ3n) is 4.70. The number of benzene rings is 2. The van der Waals surface area contributed by atoms with Crippen LogP contribution in [0.2, 0.25) is 0 Å². The maximum atomic E-state index is 13.5. The topological polar surface area (TPSA) is 94.2 Å². The molecule has 4 rings (SSSR count). The number of carbonyl (C=O) groups excluding carboxylic acids is 1. The molecule has 1 atom stereocenters. The van der Waals surface area contributed by atoms with Crippen LogP contribution < -0.4 is 23.8 Å². The average molecular weight is 461 g/mol. The lowest BCUT2D eigenvalue weighted by atomic mass is 10.2. The maximum absolute atomic E-state index is 13.5. The van der Waals surface area contributed by atoms with Gasteiger partial charge in [-0.25, -0.2) is 12.7 Å². The van der Waals surface area contributed by atoms with E-state index in [9.17, 15) is 13.2 Å². The van der Waals surface area contributed by atoms with Crippen molar-refractivity contribution in [1.82, 2.24) is 0 Å². The molecule has 2 heterocycles. The fourth-order valence-electron chi connectivity index (χ4n) is 3.19. The minimum atomic E-state index is -4.02. The van der Waals surface area contributed by atoms with Gasteiger partial charge in [0.2, 0.25) is 12.7 Å². The van der Waals surface area contributed by atoms with E-state index in [0.717, 1.165) is 15.6 Å². The van der Waals surface area contributed by atoms with Crippen molar-refractivity contribution >= 4 is 38.6 Å². The van der Waals surface area contributed by atoms with Gasteiger partial charge in [0.25, 0.3) is 10.0 Å². The second kappa shape index (κ2) is 8.48. The average Bonchev–Trinajstić information content (AvgIpc) is 3.46. The van der Waals surface area contributed by atoms with Crippen LogP contribution in [0.5, 0.6) is 17.2 Å². The molecule has 3 aromatic rings. The largest absolute Gasteiger partial charge is 0.495 e. The number of methoxy groups -OCH3 is 1. The molecule has 8 nitrogen and oxygen atoms in total. The number of sulfonamides is 1. The summed E-state index contributed by atoms with van der Waals surface area (Å²) < 4.78 is 44.2. The smallest absolute Gasteiger partial charge is 0.274 e. The molecule has 0 spiro atoms. The summed E-state index contributed by atoms with van der Waals surface area (Å²) >= 11 is 1.08. The van der Waals surface area contributed by atoms with E-state index >= 15 is 0 Å². The van der Waals surface area contributed by atoms with Gasteiger partial charge in [-0.1, -0.05) is 18.2 Å². The fourth-order valence-corrected chi connectivity index (χ4v) is 5.90. The number of rotatable bonds is 7. The summed E-state index contributed by atoms with van der Waals surface area (Å²) in [6.07, 6.45) is 0. The van der Waals surface area contributed by atoms with Gasteiger partial charge in [0.1, 0.15) is 16.0 Å². The molecule has 0 aliphatic carbocycles. The van der Waals surface area contributed by atoms with Crippen molar-refractivity contribution in [2.75, 3.05) is 23.5 Å². The molecule has 1 N–H and O–H groups in total. The Morgan fingerprint density at radius 1 is 1.13 bits per heavy atom. The number of fused-ring (bicyclic) bond motifs is 1. The van der Waals surface area contributed by atoms with Gasteiger partial charge in [-0.3, -0.25) is 4.79 Å². The van der Waals surface area contributed by atoms with Crippen LogP contribution in [0.1, 0.15) is 6.92 Å². The predicted molar refractivity (Wildman–Crippen MR) is 118 cm³/mol. The lowest BCUT2D eigenvalue weighted by Crippen LogP contribution is -2.45. The molecule has 1 aromatic heterocycles. The first-order valence-electron chi connectivity index (χ1n) is 9.33. The highest BCUT2D eigenvalue weighted by Gasteiger charge is 2.35. The first-order valence-corrected chi connectivity index (χ1v) is 11.7. The summed E-state index contributed by atoms with van der Waals surface area (Å²) in [5.41, 5.74) is 0.737. The molecular formula is C21H20N2O6S2. The highest BCUT2D eigenvalue weighted by Crippen LogP contribution is 2.36. The summed E-state index contributed by atoms with van der Waals surface area (Å²) in [4.78, 5) is 13.1. The van der Waals surface area contributed by atoms with Gasteiger partial charge >= 0.3 is 0 Å². The summed E-state index contributed by atoms with van der Waals surface area (Å²) in [7, 11) is -2.57. The van der Waals surface area contributed by atoms with E-state index < -0.39 is 22.0 Å². The molecule has 162 valence electrons. The van der Waals surface area contributed by atoms with E-state index in [0.29, 0.717) is 22.9 Å². The maximum Gasteiger partial charge on any atom is 0.274 e. The third kappa shape index (κ3) is 4.04. The molecule has 0 bridgehead atoms. The van der Waals surface area contributed by atoms with Crippen molar-refractivity contribution in [2.24, 2.45) is 0 Å². The molecule has 0 saturated heterocycles. The van der Waals surface area contributed by atoms with Gasteiger partial charge < -0.3 is 19.5 Å². The highest BCUT2D eigenvalue weighted by molar-refractivity contribution is 7.94. The number of nitrogens with zero attached hydrogens (tertiary/aromatic N) is 1. The van der Waals surface area contributed by atoms with Gasteiger partial charge in [-0.2, -0.15) is 0 Å². The van der Waals surface area contributed by atoms with E-state index in [1.54, 1.807) is 53.9 Å².